The van der Waals surface area contributed by atoms with Gasteiger partial charge in [0.1, 0.15) is 18.0 Å². The molecule has 6 aromatic rings. The third-order valence-electron chi connectivity index (χ3n) is 8.42. The van der Waals surface area contributed by atoms with Crippen molar-refractivity contribution in [2.45, 2.75) is 25.0 Å². The van der Waals surface area contributed by atoms with Gasteiger partial charge >= 0.3 is 18.0 Å². The summed E-state index contributed by atoms with van der Waals surface area (Å²) in [6.07, 6.45) is -6.03. The molecule has 0 aliphatic carbocycles. The summed E-state index contributed by atoms with van der Waals surface area (Å²) in [4.78, 5) is 59.9. The highest BCUT2D eigenvalue weighted by molar-refractivity contribution is 7.91. The molecule has 1 unspecified atom stereocenters. The molecule has 61 heavy (non-hydrogen) atoms. The normalized spacial score (nSPS) is 14.5. The molecule has 1 aliphatic heterocycles. The van der Waals surface area contributed by atoms with E-state index in [1.807, 2.05) is 4.72 Å². The molecule has 5 N–H and O–H groups in total. The Labute approximate surface area is 337 Å². The van der Waals surface area contributed by atoms with Gasteiger partial charge in [-0.2, -0.15) is 35.7 Å². The number of hydrogen-bond acceptors (Lipinski definition) is 12. The summed E-state index contributed by atoms with van der Waals surface area (Å²) in [6, 6.07) is 12.2. The third kappa shape index (κ3) is 9.57. The fourth-order valence-electron chi connectivity index (χ4n) is 5.90. The molecule has 0 saturated heterocycles. The van der Waals surface area contributed by atoms with Crippen molar-refractivity contribution in [1.82, 2.24) is 34.3 Å². The minimum absolute atomic E-state index is 0.00283. The number of alkyl halides is 6. The number of aromatic nitrogens is 6. The number of H-pyrrole nitrogens is 1. The van der Waals surface area contributed by atoms with E-state index in [1.165, 1.54) is 12.3 Å². The molecule has 19 nitrogen and oxygen atoms in total. The first kappa shape index (κ1) is 43.6. The number of hydrogen-bond donors (Lipinski definition) is 5. The summed E-state index contributed by atoms with van der Waals surface area (Å²) in [5.41, 5.74) is -6.72. The molecule has 1 amide bonds. The summed E-state index contributed by atoms with van der Waals surface area (Å²) in [7, 11) is -7.99. The van der Waals surface area contributed by atoms with Gasteiger partial charge in [0.15, 0.2) is 11.8 Å². The zero-order valence-corrected chi connectivity index (χ0v) is 32.4. The van der Waals surface area contributed by atoms with Gasteiger partial charge < -0.3 is 20.3 Å². The molecule has 0 saturated carbocycles. The van der Waals surface area contributed by atoms with Gasteiger partial charge in [-0.1, -0.05) is 35.2 Å². The zero-order valence-electron chi connectivity index (χ0n) is 30.7. The number of Topliss-reactive ketones (excluding diaryl/α,β-unsaturated/α-hetero) is 1. The number of halogens is 6. The van der Waals surface area contributed by atoms with E-state index in [2.05, 4.69) is 20.5 Å². The van der Waals surface area contributed by atoms with E-state index in [4.69, 9.17) is 4.84 Å². The number of fused-ring (bicyclic) bond motifs is 2. The Balaban J connectivity index is 0.000000210. The van der Waals surface area contributed by atoms with Crippen LogP contribution in [0.3, 0.4) is 0 Å². The van der Waals surface area contributed by atoms with Gasteiger partial charge in [0.05, 0.1) is 52.6 Å². The molecule has 1 aliphatic rings. The van der Waals surface area contributed by atoms with Gasteiger partial charge in [-0.15, -0.1) is 15.0 Å². The number of nitrogens with one attached hydrogen (secondary N) is 4. The monoisotopic (exact) mass is 899 g/mol. The van der Waals surface area contributed by atoms with Crippen LogP contribution in [0, 0.1) is 0 Å². The summed E-state index contributed by atoms with van der Waals surface area (Å²) in [5, 5.41) is 18.6. The lowest BCUT2D eigenvalue weighted by Crippen LogP contribution is -2.51. The maximum atomic E-state index is 13.9. The predicted octanol–water partition coefficient (Wildman–Crippen LogP) is 2.56. The van der Waals surface area contributed by atoms with Crippen LogP contribution in [0.4, 0.5) is 32.0 Å². The smallest absolute Gasteiger partial charge is 0.411 e. The molecule has 0 fully saturated rings. The van der Waals surface area contributed by atoms with Crippen molar-refractivity contribution in [2.75, 3.05) is 22.7 Å². The van der Waals surface area contributed by atoms with Crippen LogP contribution >= 0.6 is 0 Å². The van der Waals surface area contributed by atoms with E-state index in [0.29, 0.717) is 18.4 Å². The van der Waals surface area contributed by atoms with Crippen LogP contribution in [-0.2, 0) is 43.8 Å². The zero-order chi connectivity index (χ0) is 44.8. The highest BCUT2D eigenvalue weighted by Crippen LogP contribution is 2.41. The van der Waals surface area contributed by atoms with Gasteiger partial charge in [-0.25, -0.2) is 26.5 Å². The first-order valence-electron chi connectivity index (χ1n) is 16.7. The number of nitrogens with zero attached hydrogens (tertiary/aromatic N) is 5. The molecule has 7 rings (SSSR count). The van der Waals surface area contributed by atoms with Gasteiger partial charge in [0, 0.05) is 16.7 Å². The first-order valence-corrected chi connectivity index (χ1v) is 20.5. The SMILES string of the molecule is CS(=O)(=O)NC1C(=O)Nc2cc(C(F)(F)F)c(-c3ccnn3O)cc2C1=O.CS(=O)(=O)Nn1c(=O)[nH]c2cc(C(F)(F)F)c(-c3ccnn3OCc3ccccc3)cc2c1=O. The molecule has 3 aromatic heterocycles. The topological polar surface area (TPSA) is 258 Å². The number of ketones is 1. The maximum Gasteiger partial charge on any atom is 0.417 e. The molecular formula is C34H27F6N9O10S2. The van der Waals surface area contributed by atoms with Crippen molar-refractivity contribution in [3.05, 3.63) is 122 Å². The van der Waals surface area contributed by atoms with Crippen LogP contribution in [-0.4, -0.2) is 81.8 Å². The summed E-state index contributed by atoms with van der Waals surface area (Å²) >= 11 is 0. The maximum absolute atomic E-state index is 13.9. The van der Waals surface area contributed by atoms with Crippen LogP contribution in [0.15, 0.2) is 88.7 Å². The molecule has 27 heteroatoms. The van der Waals surface area contributed by atoms with Crippen LogP contribution in [0.2, 0.25) is 0 Å². The van der Waals surface area contributed by atoms with E-state index in [9.17, 15) is 67.6 Å². The molecule has 1 atom stereocenters. The van der Waals surface area contributed by atoms with E-state index < -0.39 is 94.8 Å². The largest absolute Gasteiger partial charge is 0.417 e. The average Bonchev–Trinajstić information content (AvgIpc) is 3.81. The summed E-state index contributed by atoms with van der Waals surface area (Å²) in [5.74, 6) is -2.14. The van der Waals surface area contributed by atoms with Crippen molar-refractivity contribution < 1.29 is 62.8 Å². The molecule has 0 spiro atoms. The van der Waals surface area contributed by atoms with E-state index in [1.54, 1.807) is 35.2 Å². The highest BCUT2D eigenvalue weighted by atomic mass is 32.2. The average molecular weight is 900 g/mol. The van der Waals surface area contributed by atoms with Crippen LogP contribution in [0.1, 0.15) is 27.0 Å². The fraction of sp³-hybridized carbons (Fsp3) is 0.176. The Morgan fingerprint density at radius 3 is 1.98 bits per heavy atom. The molecular weight excluding hydrogens is 873 g/mol. The van der Waals surface area contributed by atoms with Crippen molar-refractivity contribution in [3.63, 3.8) is 0 Å². The second-order valence-electron chi connectivity index (χ2n) is 12.9. The Bertz CT molecular complexity index is 3050. The number of anilines is 1. The third-order valence-corrected chi connectivity index (χ3v) is 9.60. The lowest BCUT2D eigenvalue weighted by atomic mass is 9.92. The van der Waals surface area contributed by atoms with Crippen LogP contribution < -0.4 is 31.0 Å². The standard InChI is InChI=1S/C20H16F3N5O5S.C14H11F3N4O5S/c1-34(31,32)26-27-18(29)14-9-13(15(20(21,22)23)10-16(14)25-19(27)30)17-7-8-24-28(17)33-11-12-5-3-2-4-6-12;1-27(25,26)20-11-12(22)7-4-6(10-2-3-18-21(10)24)8(14(15,16)17)5-9(7)19-13(11)23/h2-10,26H,11H2,1H3,(H,25,30);2-5,11,20,24H,1H3,(H,19,23). The number of carbonyl (C=O) groups excluding carboxylic acids is 2. The van der Waals surface area contributed by atoms with E-state index >= 15 is 0 Å². The van der Waals surface area contributed by atoms with Gasteiger partial charge in [0.2, 0.25) is 20.0 Å². The fourth-order valence-corrected chi connectivity index (χ4v) is 7.04. The Morgan fingerprint density at radius 2 is 1.39 bits per heavy atom. The number of amides is 1. The number of benzene rings is 3. The molecule has 322 valence electrons. The predicted molar refractivity (Wildman–Crippen MR) is 201 cm³/mol. The van der Waals surface area contributed by atoms with E-state index in [-0.39, 0.29) is 38.5 Å². The van der Waals surface area contributed by atoms with E-state index in [0.717, 1.165) is 41.1 Å². The molecule has 0 radical (unpaired) electrons. The van der Waals surface area contributed by atoms with Crippen LogP contribution in [0.5, 0.6) is 0 Å². The minimum atomic E-state index is -4.87. The minimum Gasteiger partial charge on any atom is -0.411 e. The van der Waals surface area contributed by atoms with Crippen molar-refractivity contribution in [3.8, 4) is 22.5 Å². The van der Waals surface area contributed by atoms with Crippen molar-refractivity contribution >= 4 is 48.3 Å². The second kappa shape index (κ2) is 15.9. The number of carbonyl (C=O) groups is 2. The van der Waals surface area contributed by atoms with Gasteiger partial charge in [0.25, 0.3) is 11.5 Å². The molecule has 0 bridgehead atoms. The van der Waals surface area contributed by atoms with Crippen molar-refractivity contribution in [2.24, 2.45) is 0 Å². The van der Waals surface area contributed by atoms with Gasteiger partial charge in [-0.3, -0.25) is 14.4 Å². The number of rotatable bonds is 9. The molecule has 3 aromatic carbocycles. The second-order valence-corrected chi connectivity index (χ2v) is 16.5. The Kier molecular flexibility index (Phi) is 11.3. The Morgan fingerprint density at radius 1 is 0.787 bits per heavy atom. The highest BCUT2D eigenvalue weighted by Gasteiger charge is 2.41. The van der Waals surface area contributed by atoms with Gasteiger partial charge in [-0.05, 0) is 42.0 Å². The summed E-state index contributed by atoms with van der Waals surface area (Å²) in [6.45, 7) is 0.00283. The first-order chi connectivity index (χ1) is 28.3. The van der Waals surface area contributed by atoms with Crippen LogP contribution in [0.25, 0.3) is 33.4 Å². The lowest BCUT2D eigenvalue weighted by molar-refractivity contribution is -0.137. The molecule has 4 heterocycles. The lowest BCUT2D eigenvalue weighted by Gasteiger charge is -2.25. The number of sulfonamides is 2. The van der Waals surface area contributed by atoms with Crippen molar-refractivity contribution in [1.29, 1.82) is 0 Å². The Hall–Kier alpha value is -7.00. The summed E-state index contributed by atoms with van der Waals surface area (Å²) < 4.78 is 130. The number of aromatic amines is 1. The quantitative estimate of drug-likeness (QED) is 0.0798.